The Labute approximate surface area is 118 Å². The van der Waals surface area contributed by atoms with Crippen LogP contribution >= 0.6 is 0 Å². The molecule has 2 aliphatic heterocycles. The summed E-state index contributed by atoms with van der Waals surface area (Å²) in [5.74, 6) is 0.0553. The van der Waals surface area contributed by atoms with Crippen molar-refractivity contribution < 1.29 is 13.2 Å². The Bertz CT molecular complexity index is 640. The predicted molar refractivity (Wildman–Crippen MR) is 76.1 cm³/mol. The number of fused-ring (bicyclic) bond motifs is 1. The van der Waals surface area contributed by atoms with Crippen molar-refractivity contribution in [2.75, 3.05) is 12.3 Å². The molecule has 2 N–H and O–H groups in total. The molecule has 1 fully saturated rings. The van der Waals surface area contributed by atoms with Crippen LogP contribution in [0.3, 0.4) is 0 Å². The topological polar surface area (TPSA) is 75.3 Å². The molecule has 108 valence electrons. The maximum atomic E-state index is 12.1. The van der Waals surface area contributed by atoms with E-state index in [0.717, 1.165) is 18.7 Å². The Morgan fingerprint density at radius 2 is 2.10 bits per heavy atom. The number of sulfone groups is 1. The zero-order valence-corrected chi connectivity index (χ0v) is 12.0. The summed E-state index contributed by atoms with van der Waals surface area (Å²) < 4.78 is 23.4. The van der Waals surface area contributed by atoms with Gasteiger partial charge >= 0.3 is 0 Å². The predicted octanol–water partition coefficient (Wildman–Crippen LogP) is 0.597. The minimum absolute atomic E-state index is 0.193. The molecule has 3 rings (SSSR count). The third kappa shape index (κ3) is 2.58. The summed E-state index contributed by atoms with van der Waals surface area (Å²) in [6.07, 6.45) is 1.35. The van der Waals surface area contributed by atoms with Crippen LogP contribution < -0.4 is 10.6 Å². The summed E-state index contributed by atoms with van der Waals surface area (Å²) in [6.45, 7) is 1.85. The second-order valence-corrected chi connectivity index (χ2v) is 7.83. The molecule has 2 aliphatic rings. The zero-order chi connectivity index (χ0) is 14.2. The summed E-state index contributed by atoms with van der Waals surface area (Å²) in [7, 11) is -3.00. The number of rotatable bonds is 3. The standard InChI is InChI=1S/C14H18N2O3S/c17-14(16-9-13-2-1-5-20(13,18)19)10-3-4-11-7-15-8-12(11)6-10/h3-4,6,13,15H,1-2,5,7-9H2,(H,16,17). The molecule has 20 heavy (non-hydrogen) atoms. The van der Waals surface area contributed by atoms with E-state index in [9.17, 15) is 13.2 Å². The highest BCUT2D eigenvalue weighted by atomic mass is 32.2. The third-order valence-corrected chi connectivity index (χ3v) is 6.33. The van der Waals surface area contributed by atoms with Gasteiger partial charge in [-0.25, -0.2) is 8.42 Å². The number of hydrogen-bond donors (Lipinski definition) is 2. The Balaban J connectivity index is 1.65. The molecule has 5 nitrogen and oxygen atoms in total. The maximum absolute atomic E-state index is 12.1. The lowest BCUT2D eigenvalue weighted by molar-refractivity contribution is 0.0953. The molecule has 0 radical (unpaired) electrons. The summed E-state index contributed by atoms with van der Waals surface area (Å²) >= 11 is 0. The summed E-state index contributed by atoms with van der Waals surface area (Å²) in [5.41, 5.74) is 2.97. The van der Waals surface area contributed by atoms with Crippen LogP contribution in [-0.2, 0) is 22.9 Å². The van der Waals surface area contributed by atoms with Crippen molar-refractivity contribution in [2.24, 2.45) is 0 Å². The van der Waals surface area contributed by atoms with Crippen LogP contribution in [-0.4, -0.2) is 31.9 Å². The molecule has 0 aliphatic carbocycles. The fourth-order valence-corrected chi connectivity index (χ4v) is 4.60. The Morgan fingerprint density at radius 3 is 2.85 bits per heavy atom. The van der Waals surface area contributed by atoms with Crippen molar-refractivity contribution >= 4 is 15.7 Å². The first-order valence-corrected chi connectivity index (χ1v) is 8.60. The van der Waals surface area contributed by atoms with E-state index in [2.05, 4.69) is 10.6 Å². The van der Waals surface area contributed by atoms with E-state index >= 15 is 0 Å². The van der Waals surface area contributed by atoms with Crippen LogP contribution in [0.2, 0.25) is 0 Å². The molecule has 0 bridgehead atoms. The van der Waals surface area contributed by atoms with Gasteiger partial charge in [-0.15, -0.1) is 0 Å². The van der Waals surface area contributed by atoms with Crippen molar-refractivity contribution in [3.63, 3.8) is 0 Å². The van der Waals surface area contributed by atoms with Crippen molar-refractivity contribution in [3.05, 3.63) is 34.9 Å². The molecule has 1 saturated heterocycles. The SMILES string of the molecule is O=C(NCC1CCCS1(=O)=O)c1ccc2c(c1)CNC2. The number of hydrogen-bond acceptors (Lipinski definition) is 4. The van der Waals surface area contributed by atoms with Crippen molar-refractivity contribution in [1.29, 1.82) is 0 Å². The molecule has 1 atom stereocenters. The maximum Gasteiger partial charge on any atom is 0.251 e. The smallest absolute Gasteiger partial charge is 0.251 e. The summed E-state index contributed by atoms with van der Waals surface area (Å²) in [6, 6.07) is 5.63. The minimum Gasteiger partial charge on any atom is -0.351 e. The van der Waals surface area contributed by atoms with Gasteiger partial charge in [0, 0.05) is 25.2 Å². The lowest BCUT2D eigenvalue weighted by Crippen LogP contribution is -2.34. The number of amides is 1. The van der Waals surface area contributed by atoms with Gasteiger partial charge in [-0.2, -0.15) is 0 Å². The summed E-state index contributed by atoms with van der Waals surface area (Å²) in [5, 5.41) is 5.57. The van der Waals surface area contributed by atoms with E-state index < -0.39 is 15.1 Å². The van der Waals surface area contributed by atoms with Gasteiger partial charge < -0.3 is 10.6 Å². The highest BCUT2D eigenvalue weighted by Gasteiger charge is 2.31. The third-order valence-electron chi connectivity index (χ3n) is 4.05. The average molecular weight is 294 g/mol. The van der Waals surface area contributed by atoms with Gasteiger partial charge in [0.15, 0.2) is 9.84 Å². The molecule has 0 spiro atoms. The lowest BCUT2D eigenvalue weighted by atomic mass is 10.1. The first-order valence-electron chi connectivity index (χ1n) is 6.88. The fraction of sp³-hybridized carbons (Fsp3) is 0.500. The van der Waals surface area contributed by atoms with Crippen LogP contribution in [0.1, 0.15) is 34.3 Å². The molecule has 0 saturated carbocycles. The number of benzene rings is 1. The minimum atomic E-state index is -3.00. The van der Waals surface area contributed by atoms with Crippen LogP contribution in [0.4, 0.5) is 0 Å². The molecule has 1 aromatic rings. The van der Waals surface area contributed by atoms with Crippen LogP contribution in [0, 0.1) is 0 Å². The lowest BCUT2D eigenvalue weighted by Gasteiger charge is -2.11. The number of carbonyl (C=O) groups is 1. The molecule has 1 unspecified atom stereocenters. The molecule has 6 heteroatoms. The Kier molecular flexibility index (Phi) is 3.52. The number of nitrogens with one attached hydrogen (secondary N) is 2. The highest BCUT2D eigenvalue weighted by molar-refractivity contribution is 7.92. The van der Waals surface area contributed by atoms with E-state index in [1.807, 2.05) is 12.1 Å². The van der Waals surface area contributed by atoms with E-state index in [1.165, 1.54) is 5.56 Å². The van der Waals surface area contributed by atoms with Gasteiger partial charge in [0.05, 0.1) is 11.0 Å². The number of carbonyl (C=O) groups excluding carboxylic acids is 1. The molecule has 2 heterocycles. The molecule has 1 aromatic carbocycles. The van der Waals surface area contributed by atoms with Crippen LogP contribution in [0.15, 0.2) is 18.2 Å². The quantitative estimate of drug-likeness (QED) is 0.856. The van der Waals surface area contributed by atoms with E-state index in [1.54, 1.807) is 6.07 Å². The fourth-order valence-electron chi connectivity index (χ4n) is 2.83. The van der Waals surface area contributed by atoms with Crippen LogP contribution in [0.25, 0.3) is 0 Å². The normalized spacial score (nSPS) is 23.5. The Morgan fingerprint density at radius 1 is 1.30 bits per heavy atom. The molecule has 0 aromatic heterocycles. The van der Waals surface area contributed by atoms with Gasteiger partial charge in [0.1, 0.15) is 0 Å². The molecular formula is C14H18N2O3S. The first kappa shape index (κ1) is 13.6. The van der Waals surface area contributed by atoms with E-state index in [-0.39, 0.29) is 18.2 Å². The monoisotopic (exact) mass is 294 g/mol. The van der Waals surface area contributed by atoms with Crippen molar-refractivity contribution in [2.45, 2.75) is 31.2 Å². The second-order valence-electron chi connectivity index (χ2n) is 5.43. The average Bonchev–Trinajstić information content (AvgIpc) is 3.01. The van der Waals surface area contributed by atoms with E-state index in [4.69, 9.17) is 0 Å². The molecular weight excluding hydrogens is 276 g/mol. The molecule has 1 amide bonds. The highest BCUT2D eigenvalue weighted by Crippen LogP contribution is 2.20. The Hall–Kier alpha value is -1.40. The summed E-state index contributed by atoms with van der Waals surface area (Å²) in [4.78, 5) is 12.1. The van der Waals surface area contributed by atoms with Gasteiger partial charge in [0.25, 0.3) is 5.91 Å². The van der Waals surface area contributed by atoms with Crippen LogP contribution in [0.5, 0.6) is 0 Å². The largest absolute Gasteiger partial charge is 0.351 e. The van der Waals surface area contributed by atoms with Crippen molar-refractivity contribution in [1.82, 2.24) is 10.6 Å². The van der Waals surface area contributed by atoms with Gasteiger partial charge in [0.2, 0.25) is 0 Å². The van der Waals surface area contributed by atoms with Gasteiger partial charge in [-0.3, -0.25) is 4.79 Å². The van der Waals surface area contributed by atoms with E-state index in [0.29, 0.717) is 18.4 Å². The first-order chi connectivity index (χ1) is 9.56. The second kappa shape index (κ2) is 5.18. The van der Waals surface area contributed by atoms with Gasteiger partial charge in [-0.1, -0.05) is 6.07 Å². The van der Waals surface area contributed by atoms with Gasteiger partial charge in [-0.05, 0) is 36.1 Å². The zero-order valence-electron chi connectivity index (χ0n) is 11.2. The van der Waals surface area contributed by atoms with Crippen molar-refractivity contribution in [3.8, 4) is 0 Å².